The summed E-state index contributed by atoms with van der Waals surface area (Å²) < 4.78 is 18.9. The Morgan fingerprint density at radius 1 is 1.29 bits per heavy atom. The second-order valence-corrected chi connectivity index (χ2v) is 6.50. The Bertz CT molecular complexity index is 759. The number of carbonyl (C=O) groups is 1. The summed E-state index contributed by atoms with van der Waals surface area (Å²) in [4.78, 5) is 14.3. The Morgan fingerprint density at radius 2 is 2.00 bits per heavy atom. The summed E-state index contributed by atoms with van der Waals surface area (Å²) in [5.74, 6) is 0.176. The number of ether oxygens (including phenoxy) is 1. The molecule has 0 atom stereocenters. The molecule has 1 aliphatic heterocycles. The van der Waals surface area contributed by atoms with Crippen LogP contribution < -0.4 is 20.7 Å². The first-order valence-corrected chi connectivity index (χ1v) is 7.71. The van der Waals surface area contributed by atoms with E-state index in [1.165, 1.54) is 24.3 Å². The lowest BCUT2D eigenvalue weighted by atomic mass is 10.0. The van der Waals surface area contributed by atoms with E-state index in [4.69, 9.17) is 10.5 Å². The quantitative estimate of drug-likeness (QED) is 0.850. The van der Waals surface area contributed by atoms with Crippen LogP contribution in [0.1, 0.15) is 13.8 Å². The summed E-state index contributed by atoms with van der Waals surface area (Å²) >= 11 is 0. The van der Waals surface area contributed by atoms with Crippen LogP contribution in [0.3, 0.4) is 0 Å². The van der Waals surface area contributed by atoms with Gasteiger partial charge in [-0.25, -0.2) is 4.39 Å². The Labute approximate surface area is 140 Å². The number of rotatable bonds is 3. The first-order valence-electron chi connectivity index (χ1n) is 7.71. The summed E-state index contributed by atoms with van der Waals surface area (Å²) in [6, 6.07) is 11.1. The topological polar surface area (TPSA) is 67.6 Å². The SMILES string of the molecule is CC1(C)CN(CC(=O)Nc2ccc(F)cc2)c2cc(N)ccc2O1. The molecular formula is C18H20FN3O2. The first-order chi connectivity index (χ1) is 11.3. The lowest BCUT2D eigenvalue weighted by Gasteiger charge is -2.40. The van der Waals surface area contributed by atoms with Crippen molar-refractivity contribution in [3.63, 3.8) is 0 Å². The van der Waals surface area contributed by atoms with Gasteiger partial charge in [0.05, 0.1) is 18.8 Å². The summed E-state index contributed by atoms with van der Waals surface area (Å²) in [7, 11) is 0. The molecule has 3 N–H and O–H groups in total. The van der Waals surface area contributed by atoms with Crippen molar-refractivity contribution in [1.82, 2.24) is 0 Å². The van der Waals surface area contributed by atoms with Gasteiger partial charge < -0.3 is 20.7 Å². The number of carbonyl (C=O) groups excluding carboxylic acids is 1. The van der Waals surface area contributed by atoms with E-state index in [-0.39, 0.29) is 18.3 Å². The standard InChI is InChI=1S/C18H20FN3O2/c1-18(2)11-22(15-9-13(20)5-8-16(15)24-18)10-17(23)21-14-6-3-12(19)4-7-14/h3-9H,10-11,20H2,1-2H3,(H,21,23). The van der Waals surface area contributed by atoms with E-state index in [2.05, 4.69) is 5.32 Å². The van der Waals surface area contributed by atoms with Gasteiger partial charge in [-0.15, -0.1) is 0 Å². The van der Waals surface area contributed by atoms with Crippen LogP contribution in [-0.4, -0.2) is 24.6 Å². The van der Waals surface area contributed by atoms with E-state index in [0.717, 1.165) is 5.69 Å². The molecule has 0 spiro atoms. The fourth-order valence-electron chi connectivity index (χ4n) is 2.79. The number of amides is 1. The highest BCUT2D eigenvalue weighted by Crippen LogP contribution is 2.38. The van der Waals surface area contributed by atoms with Gasteiger partial charge >= 0.3 is 0 Å². The van der Waals surface area contributed by atoms with Crippen LogP contribution >= 0.6 is 0 Å². The lowest BCUT2D eigenvalue weighted by Crippen LogP contribution is -2.49. The number of anilines is 3. The molecule has 0 unspecified atom stereocenters. The summed E-state index contributed by atoms with van der Waals surface area (Å²) in [6.07, 6.45) is 0. The molecule has 24 heavy (non-hydrogen) atoms. The molecule has 0 aromatic heterocycles. The zero-order chi connectivity index (χ0) is 17.3. The van der Waals surface area contributed by atoms with Gasteiger partial charge in [0.25, 0.3) is 0 Å². The van der Waals surface area contributed by atoms with Crippen LogP contribution in [0.15, 0.2) is 42.5 Å². The molecule has 2 aromatic rings. The fraction of sp³-hybridized carbons (Fsp3) is 0.278. The van der Waals surface area contributed by atoms with Crippen LogP contribution in [0.5, 0.6) is 5.75 Å². The van der Waals surface area contributed by atoms with Crippen LogP contribution in [-0.2, 0) is 4.79 Å². The van der Waals surface area contributed by atoms with E-state index >= 15 is 0 Å². The van der Waals surface area contributed by atoms with Gasteiger partial charge in [0.1, 0.15) is 17.2 Å². The minimum Gasteiger partial charge on any atom is -0.484 e. The first kappa shape index (κ1) is 16.1. The van der Waals surface area contributed by atoms with Crippen molar-refractivity contribution >= 4 is 23.0 Å². The summed E-state index contributed by atoms with van der Waals surface area (Å²) in [5, 5.41) is 2.77. The third-order valence-corrected chi connectivity index (χ3v) is 3.74. The molecule has 126 valence electrons. The largest absolute Gasteiger partial charge is 0.484 e. The van der Waals surface area contributed by atoms with E-state index in [0.29, 0.717) is 23.7 Å². The number of nitrogens with zero attached hydrogens (tertiary/aromatic N) is 1. The number of halogens is 1. The predicted octanol–water partition coefficient (Wildman–Crippen LogP) is 3.02. The zero-order valence-electron chi connectivity index (χ0n) is 13.7. The Kier molecular flexibility index (Phi) is 4.05. The second kappa shape index (κ2) is 6.03. The molecule has 0 saturated carbocycles. The maximum absolute atomic E-state index is 12.9. The predicted molar refractivity (Wildman–Crippen MR) is 92.8 cm³/mol. The summed E-state index contributed by atoms with van der Waals surface area (Å²) in [6.45, 7) is 4.65. The lowest BCUT2D eigenvalue weighted by molar-refractivity contribution is -0.115. The molecule has 0 radical (unpaired) electrons. The Hall–Kier alpha value is -2.76. The Balaban J connectivity index is 1.77. The van der Waals surface area contributed by atoms with Gasteiger partial charge in [-0.3, -0.25) is 4.79 Å². The number of nitrogen functional groups attached to an aromatic ring is 1. The average molecular weight is 329 g/mol. The third-order valence-electron chi connectivity index (χ3n) is 3.74. The highest BCUT2D eigenvalue weighted by molar-refractivity contribution is 5.94. The van der Waals surface area contributed by atoms with Crippen LogP contribution in [0, 0.1) is 5.82 Å². The average Bonchev–Trinajstić information content (AvgIpc) is 2.49. The second-order valence-electron chi connectivity index (χ2n) is 6.50. The maximum atomic E-state index is 12.9. The zero-order valence-corrected chi connectivity index (χ0v) is 13.7. The van der Waals surface area contributed by atoms with Crippen LogP contribution in [0.2, 0.25) is 0 Å². The number of hydrogen-bond donors (Lipinski definition) is 2. The number of benzene rings is 2. The molecule has 1 amide bonds. The molecule has 2 aromatic carbocycles. The minimum atomic E-state index is -0.417. The van der Waals surface area contributed by atoms with Crippen molar-refractivity contribution in [2.24, 2.45) is 0 Å². The highest BCUT2D eigenvalue weighted by Gasteiger charge is 2.32. The molecule has 1 aliphatic rings. The van der Waals surface area contributed by atoms with Gasteiger partial charge in [-0.05, 0) is 56.3 Å². The molecule has 0 bridgehead atoms. The fourth-order valence-corrected chi connectivity index (χ4v) is 2.79. The molecule has 0 fully saturated rings. The van der Waals surface area contributed by atoms with Crippen LogP contribution in [0.25, 0.3) is 0 Å². The summed E-state index contributed by atoms with van der Waals surface area (Å²) in [5.41, 5.74) is 7.41. The smallest absolute Gasteiger partial charge is 0.243 e. The number of hydrogen-bond acceptors (Lipinski definition) is 4. The minimum absolute atomic E-state index is 0.153. The molecule has 0 saturated heterocycles. The molecule has 6 heteroatoms. The van der Waals surface area contributed by atoms with Gasteiger partial charge in [0.15, 0.2) is 0 Å². The molecule has 3 rings (SSSR count). The van der Waals surface area contributed by atoms with E-state index in [1.807, 2.05) is 24.8 Å². The monoisotopic (exact) mass is 329 g/mol. The number of nitrogens with one attached hydrogen (secondary N) is 1. The third kappa shape index (κ3) is 3.59. The van der Waals surface area contributed by atoms with Gasteiger partial charge in [0.2, 0.25) is 5.91 Å². The van der Waals surface area contributed by atoms with Crippen molar-refractivity contribution in [2.75, 3.05) is 29.0 Å². The van der Waals surface area contributed by atoms with Crippen molar-refractivity contribution in [1.29, 1.82) is 0 Å². The van der Waals surface area contributed by atoms with E-state index in [1.54, 1.807) is 12.1 Å². The van der Waals surface area contributed by atoms with E-state index in [9.17, 15) is 9.18 Å². The van der Waals surface area contributed by atoms with Gasteiger partial charge in [-0.1, -0.05) is 0 Å². The van der Waals surface area contributed by atoms with Gasteiger partial charge in [-0.2, -0.15) is 0 Å². The van der Waals surface area contributed by atoms with Crippen LogP contribution in [0.4, 0.5) is 21.5 Å². The highest BCUT2D eigenvalue weighted by atomic mass is 19.1. The Morgan fingerprint density at radius 3 is 2.71 bits per heavy atom. The molecule has 0 aliphatic carbocycles. The maximum Gasteiger partial charge on any atom is 0.243 e. The van der Waals surface area contributed by atoms with Crippen molar-refractivity contribution in [2.45, 2.75) is 19.4 Å². The van der Waals surface area contributed by atoms with E-state index < -0.39 is 5.60 Å². The van der Waals surface area contributed by atoms with Crippen molar-refractivity contribution in [3.8, 4) is 5.75 Å². The number of fused-ring (bicyclic) bond motifs is 1. The van der Waals surface area contributed by atoms with Crippen molar-refractivity contribution in [3.05, 3.63) is 48.3 Å². The number of nitrogens with two attached hydrogens (primary N) is 1. The van der Waals surface area contributed by atoms with Crippen molar-refractivity contribution < 1.29 is 13.9 Å². The molecule has 1 heterocycles. The molecule has 5 nitrogen and oxygen atoms in total. The van der Waals surface area contributed by atoms with Gasteiger partial charge in [0, 0.05) is 11.4 Å². The normalized spacial score (nSPS) is 15.4. The molecular weight excluding hydrogens is 309 g/mol.